The summed E-state index contributed by atoms with van der Waals surface area (Å²) in [4.78, 5) is 4.61. The molecule has 1 aliphatic rings. The summed E-state index contributed by atoms with van der Waals surface area (Å²) in [5, 5.41) is 23.4. The van der Waals surface area contributed by atoms with Gasteiger partial charge < -0.3 is 5.11 Å². The highest BCUT2D eigenvalue weighted by Gasteiger charge is 2.43. The highest BCUT2D eigenvalue weighted by atomic mass is 32.1. The summed E-state index contributed by atoms with van der Waals surface area (Å²) < 4.78 is 0. The van der Waals surface area contributed by atoms with Crippen molar-refractivity contribution in [3.05, 3.63) is 16.1 Å². The third-order valence-corrected chi connectivity index (χ3v) is 6.05. The summed E-state index contributed by atoms with van der Waals surface area (Å²) in [6, 6.07) is 2.42. The van der Waals surface area contributed by atoms with Gasteiger partial charge in [0, 0.05) is 10.8 Å². The molecule has 1 atom stereocenters. The fraction of sp³-hybridized carbons (Fsp3) is 0.765. The third-order valence-electron chi connectivity index (χ3n) is 4.76. The van der Waals surface area contributed by atoms with Gasteiger partial charge in [-0.15, -0.1) is 11.3 Å². The first-order chi connectivity index (χ1) is 9.82. The minimum absolute atomic E-state index is 0.0116. The van der Waals surface area contributed by atoms with Gasteiger partial charge in [0.25, 0.3) is 0 Å². The molecule has 0 radical (unpaired) electrons. The molecular formula is C17H26N2OS. The molecule has 0 saturated heterocycles. The fourth-order valence-corrected chi connectivity index (χ4v) is 4.01. The molecule has 2 rings (SSSR count). The molecule has 1 unspecified atom stereocenters. The normalized spacial score (nSPS) is 28.1. The molecule has 1 aliphatic carbocycles. The van der Waals surface area contributed by atoms with Gasteiger partial charge in [0.05, 0.1) is 22.2 Å². The lowest BCUT2D eigenvalue weighted by Crippen LogP contribution is -2.32. The van der Waals surface area contributed by atoms with Crippen molar-refractivity contribution in [3.63, 3.8) is 0 Å². The molecule has 116 valence electrons. The van der Waals surface area contributed by atoms with Crippen LogP contribution in [0.3, 0.4) is 0 Å². The monoisotopic (exact) mass is 306 g/mol. The van der Waals surface area contributed by atoms with Crippen LogP contribution in [-0.2, 0) is 5.41 Å². The maximum Gasteiger partial charge on any atom is 0.115 e. The van der Waals surface area contributed by atoms with E-state index in [4.69, 9.17) is 0 Å². The standard InChI is InChI=1S/C17H26N2OS/c1-5-12-6-8-17(11-18,9-7-12)14(20)13-10-21-15(19-13)16(2,3)4/h10,12,14,20H,5-9H2,1-4H3. The van der Waals surface area contributed by atoms with Crippen molar-refractivity contribution in [2.24, 2.45) is 11.3 Å². The van der Waals surface area contributed by atoms with Crippen LogP contribution in [0.15, 0.2) is 5.38 Å². The lowest BCUT2D eigenvalue weighted by Gasteiger charge is -2.37. The largest absolute Gasteiger partial charge is 0.385 e. The van der Waals surface area contributed by atoms with Crippen LogP contribution >= 0.6 is 11.3 Å². The number of hydrogen-bond acceptors (Lipinski definition) is 4. The van der Waals surface area contributed by atoms with Crippen molar-refractivity contribution in [2.75, 3.05) is 0 Å². The molecule has 1 aromatic rings. The molecule has 1 heterocycles. The molecule has 1 aromatic heterocycles. The average Bonchev–Trinajstić information content (AvgIpc) is 2.96. The molecule has 0 spiro atoms. The molecule has 1 N–H and O–H groups in total. The second kappa shape index (κ2) is 6.06. The van der Waals surface area contributed by atoms with Gasteiger partial charge in [-0.2, -0.15) is 5.26 Å². The Morgan fingerprint density at radius 1 is 1.48 bits per heavy atom. The van der Waals surface area contributed by atoms with Gasteiger partial charge in [-0.05, 0) is 31.6 Å². The second-order valence-electron chi connectivity index (χ2n) is 7.35. The molecular weight excluding hydrogens is 280 g/mol. The molecule has 1 fully saturated rings. The zero-order chi connectivity index (χ0) is 15.7. The highest BCUT2D eigenvalue weighted by molar-refractivity contribution is 7.09. The maximum atomic E-state index is 10.8. The molecule has 0 aliphatic heterocycles. The Labute approximate surface area is 132 Å². The quantitative estimate of drug-likeness (QED) is 0.889. The van der Waals surface area contributed by atoms with Gasteiger partial charge in [-0.25, -0.2) is 4.98 Å². The number of rotatable bonds is 3. The van der Waals surface area contributed by atoms with E-state index in [1.54, 1.807) is 11.3 Å². The van der Waals surface area contributed by atoms with Gasteiger partial charge in [0.2, 0.25) is 0 Å². The zero-order valence-electron chi connectivity index (χ0n) is 13.5. The molecule has 3 nitrogen and oxygen atoms in total. The van der Waals surface area contributed by atoms with Crippen LogP contribution in [0.25, 0.3) is 0 Å². The summed E-state index contributed by atoms with van der Waals surface area (Å²) in [5.41, 5.74) is 0.0263. The Bertz CT molecular complexity index is 516. The van der Waals surface area contributed by atoms with Crippen molar-refractivity contribution in [2.45, 2.75) is 71.3 Å². The first-order valence-corrected chi connectivity index (χ1v) is 8.75. The lowest BCUT2D eigenvalue weighted by molar-refractivity contribution is 0.0216. The first-order valence-electron chi connectivity index (χ1n) is 7.87. The van der Waals surface area contributed by atoms with Gasteiger partial charge in [-0.3, -0.25) is 0 Å². The van der Waals surface area contributed by atoms with Crippen LogP contribution in [0.2, 0.25) is 0 Å². The number of hydrogen-bond donors (Lipinski definition) is 1. The topological polar surface area (TPSA) is 56.9 Å². The molecule has 4 heteroatoms. The Balaban J connectivity index is 2.20. The van der Waals surface area contributed by atoms with Crippen LogP contribution < -0.4 is 0 Å². The van der Waals surface area contributed by atoms with E-state index < -0.39 is 11.5 Å². The van der Waals surface area contributed by atoms with Gasteiger partial charge in [-0.1, -0.05) is 34.1 Å². The van der Waals surface area contributed by atoms with Gasteiger partial charge in [0.1, 0.15) is 6.10 Å². The number of aromatic nitrogens is 1. The average molecular weight is 306 g/mol. The van der Waals surface area contributed by atoms with Crippen LogP contribution in [0.1, 0.15) is 76.6 Å². The van der Waals surface area contributed by atoms with E-state index in [2.05, 4.69) is 38.7 Å². The van der Waals surface area contributed by atoms with E-state index in [0.717, 1.165) is 30.7 Å². The summed E-state index contributed by atoms with van der Waals surface area (Å²) in [7, 11) is 0. The van der Waals surface area contributed by atoms with Crippen molar-refractivity contribution in [1.29, 1.82) is 5.26 Å². The van der Waals surface area contributed by atoms with Crippen LogP contribution in [-0.4, -0.2) is 10.1 Å². The maximum absolute atomic E-state index is 10.8. The van der Waals surface area contributed by atoms with E-state index in [1.807, 2.05) is 5.38 Å². The minimum Gasteiger partial charge on any atom is -0.385 e. The SMILES string of the molecule is CCC1CCC(C#N)(C(O)c2csc(C(C)(C)C)n2)CC1. The zero-order valence-corrected chi connectivity index (χ0v) is 14.3. The van der Waals surface area contributed by atoms with Gasteiger partial charge >= 0.3 is 0 Å². The molecule has 0 amide bonds. The smallest absolute Gasteiger partial charge is 0.115 e. The van der Waals surface area contributed by atoms with Crippen LogP contribution in [0, 0.1) is 22.7 Å². The Hall–Kier alpha value is -0.920. The highest BCUT2D eigenvalue weighted by Crippen LogP contribution is 2.48. The third kappa shape index (κ3) is 3.30. The van der Waals surface area contributed by atoms with E-state index >= 15 is 0 Å². The van der Waals surface area contributed by atoms with E-state index in [0.29, 0.717) is 11.6 Å². The van der Waals surface area contributed by atoms with Crippen LogP contribution in [0.5, 0.6) is 0 Å². The van der Waals surface area contributed by atoms with Gasteiger partial charge in [0.15, 0.2) is 0 Å². The predicted octanol–water partition coefficient (Wildman–Crippen LogP) is 4.58. The summed E-state index contributed by atoms with van der Waals surface area (Å²) in [6.45, 7) is 8.56. The molecule has 0 aromatic carbocycles. The second-order valence-corrected chi connectivity index (χ2v) is 8.21. The summed E-state index contributed by atoms with van der Waals surface area (Å²) >= 11 is 1.58. The lowest BCUT2D eigenvalue weighted by atomic mass is 9.67. The molecule has 21 heavy (non-hydrogen) atoms. The summed E-state index contributed by atoms with van der Waals surface area (Å²) in [5.74, 6) is 0.708. The number of thiazole rings is 1. The Kier molecular flexibility index (Phi) is 4.75. The number of nitrogens with zero attached hydrogens (tertiary/aromatic N) is 2. The van der Waals surface area contributed by atoms with E-state index in [1.165, 1.54) is 6.42 Å². The number of aliphatic hydroxyl groups excluding tert-OH is 1. The molecule has 0 bridgehead atoms. The predicted molar refractivity (Wildman–Crippen MR) is 86.1 cm³/mol. The first kappa shape index (κ1) is 16.5. The Morgan fingerprint density at radius 2 is 2.10 bits per heavy atom. The number of nitriles is 1. The van der Waals surface area contributed by atoms with Crippen molar-refractivity contribution in [3.8, 4) is 6.07 Å². The van der Waals surface area contributed by atoms with Crippen LogP contribution in [0.4, 0.5) is 0 Å². The number of aliphatic hydroxyl groups is 1. The Morgan fingerprint density at radius 3 is 2.52 bits per heavy atom. The van der Waals surface area contributed by atoms with E-state index in [9.17, 15) is 10.4 Å². The van der Waals surface area contributed by atoms with E-state index in [-0.39, 0.29) is 5.41 Å². The minimum atomic E-state index is -0.757. The van der Waals surface area contributed by atoms with Crippen molar-refractivity contribution >= 4 is 11.3 Å². The fourth-order valence-electron chi connectivity index (χ4n) is 3.09. The van der Waals surface area contributed by atoms with Crippen molar-refractivity contribution in [1.82, 2.24) is 4.98 Å². The molecule has 1 saturated carbocycles. The van der Waals surface area contributed by atoms with Crippen molar-refractivity contribution < 1.29 is 5.11 Å². The summed E-state index contributed by atoms with van der Waals surface area (Å²) in [6.07, 6.45) is 4.06.